The molecule has 7 nitrogen and oxygen atoms in total. The molecule has 0 radical (unpaired) electrons. The molecule has 0 aliphatic carbocycles. The fourth-order valence-corrected chi connectivity index (χ4v) is 1.35. The van der Waals surface area contributed by atoms with Gasteiger partial charge in [0.05, 0.1) is 23.7 Å². The van der Waals surface area contributed by atoms with E-state index in [1.165, 1.54) is 0 Å². The standard InChI is InChI=1S/C11H10F3NO6/c1-20-8-2-6(4-16)7(15(18)19)3-9(8)21-5-10(17)11(12,13)14/h2-4,10,17H,5H2,1H3. The van der Waals surface area contributed by atoms with Crippen molar-refractivity contribution >= 4 is 12.0 Å². The molecule has 1 aromatic carbocycles. The van der Waals surface area contributed by atoms with Crippen LogP contribution in [0.15, 0.2) is 12.1 Å². The van der Waals surface area contributed by atoms with Crippen LogP contribution >= 0.6 is 0 Å². The maximum Gasteiger partial charge on any atom is 0.417 e. The maximum absolute atomic E-state index is 12.1. The zero-order valence-electron chi connectivity index (χ0n) is 10.6. The second-order valence-electron chi connectivity index (χ2n) is 3.81. The fraction of sp³-hybridized carbons (Fsp3) is 0.364. The van der Waals surface area contributed by atoms with Crippen LogP contribution < -0.4 is 9.47 Å². The largest absolute Gasteiger partial charge is 0.493 e. The summed E-state index contributed by atoms with van der Waals surface area (Å²) in [5.41, 5.74) is -0.970. The number of carbonyl (C=O) groups excluding carboxylic acids is 1. The molecule has 1 aromatic rings. The molecule has 0 bridgehead atoms. The Bertz CT molecular complexity index is 545. The van der Waals surface area contributed by atoms with Crippen molar-refractivity contribution in [2.45, 2.75) is 12.3 Å². The zero-order valence-corrected chi connectivity index (χ0v) is 10.6. The van der Waals surface area contributed by atoms with Gasteiger partial charge in [-0.05, 0) is 0 Å². The highest BCUT2D eigenvalue weighted by atomic mass is 19.4. The zero-order chi connectivity index (χ0) is 16.2. The van der Waals surface area contributed by atoms with Gasteiger partial charge in [0.15, 0.2) is 23.9 Å². The van der Waals surface area contributed by atoms with Gasteiger partial charge in [0.1, 0.15) is 6.61 Å². The van der Waals surface area contributed by atoms with Gasteiger partial charge >= 0.3 is 6.18 Å². The van der Waals surface area contributed by atoms with E-state index < -0.39 is 35.2 Å². The van der Waals surface area contributed by atoms with E-state index in [-0.39, 0.29) is 17.6 Å². The van der Waals surface area contributed by atoms with Crippen molar-refractivity contribution in [1.29, 1.82) is 0 Å². The Balaban J connectivity index is 3.08. The first-order valence-corrected chi connectivity index (χ1v) is 5.40. The number of aliphatic hydroxyl groups excluding tert-OH is 1. The van der Waals surface area contributed by atoms with Crippen LogP contribution in [-0.2, 0) is 0 Å². The second kappa shape index (κ2) is 6.39. The number of rotatable bonds is 6. The quantitative estimate of drug-likeness (QED) is 0.488. The van der Waals surface area contributed by atoms with E-state index >= 15 is 0 Å². The molecule has 116 valence electrons. The molecule has 0 amide bonds. The Hall–Kier alpha value is -2.36. The summed E-state index contributed by atoms with van der Waals surface area (Å²) >= 11 is 0. The molecule has 1 unspecified atom stereocenters. The van der Waals surface area contributed by atoms with Crippen molar-refractivity contribution in [3.63, 3.8) is 0 Å². The van der Waals surface area contributed by atoms with E-state index in [1.807, 2.05) is 0 Å². The molecule has 0 fully saturated rings. The summed E-state index contributed by atoms with van der Waals surface area (Å²) in [6.45, 7) is -1.17. The molecule has 1 N–H and O–H groups in total. The number of nitro benzene ring substituents is 1. The Morgan fingerprint density at radius 1 is 1.43 bits per heavy atom. The molecular weight excluding hydrogens is 299 g/mol. The predicted molar refractivity (Wildman–Crippen MR) is 62.6 cm³/mol. The molecule has 0 aromatic heterocycles. The lowest BCUT2D eigenvalue weighted by Crippen LogP contribution is -2.34. The number of aliphatic hydroxyl groups is 1. The highest BCUT2D eigenvalue weighted by molar-refractivity contribution is 5.83. The molecular formula is C11H10F3NO6. The summed E-state index contributed by atoms with van der Waals surface area (Å²) in [4.78, 5) is 20.6. The molecule has 1 atom stereocenters. The van der Waals surface area contributed by atoms with E-state index in [0.717, 1.165) is 19.2 Å². The summed E-state index contributed by atoms with van der Waals surface area (Å²) in [5, 5.41) is 19.6. The van der Waals surface area contributed by atoms with E-state index in [1.54, 1.807) is 0 Å². The molecule has 1 rings (SSSR count). The number of nitrogens with zero attached hydrogens (tertiary/aromatic N) is 1. The van der Waals surface area contributed by atoms with Gasteiger partial charge in [-0.3, -0.25) is 14.9 Å². The number of halogens is 3. The summed E-state index contributed by atoms with van der Waals surface area (Å²) in [5.74, 6) is -0.560. The number of aldehydes is 1. The van der Waals surface area contributed by atoms with Crippen LogP contribution in [-0.4, -0.2) is 42.3 Å². The lowest BCUT2D eigenvalue weighted by atomic mass is 10.1. The average molecular weight is 309 g/mol. The molecule has 0 saturated heterocycles. The Kier molecular flexibility index (Phi) is 5.08. The molecule has 0 heterocycles. The highest BCUT2D eigenvalue weighted by Gasteiger charge is 2.39. The van der Waals surface area contributed by atoms with E-state index in [0.29, 0.717) is 0 Å². The minimum atomic E-state index is -4.89. The average Bonchev–Trinajstić information content (AvgIpc) is 2.42. The smallest absolute Gasteiger partial charge is 0.417 e. The van der Waals surface area contributed by atoms with Crippen molar-refractivity contribution in [2.75, 3.05) is 13.7 Å². The Morgan fingerprint density at radius 3 is 2.48 bits per heavy atom. The Labute approximate surface area is 116 Å². The number of alkyl halides is 3. The normalized spacial score (nSPS) is 12.6. The molecule has 0 spiro atoms. The van der Waals surface area contributed by atoms with Crippen LogP contribution in [0.4, 0.5) is 18.9 Å². The van der Waals surface area contributed by atoms with Crippen molar-refractivity contribution in [3.8, 4) is 11.5 Å². The summed E-state index contributed by atoms with van der Waals surface area (Å²) in [6.07, 6.45) is -7.44. The van der Waals surface area contributed by atoms with Gasteiger partial charge in [0, 0.05) is 6.07 Å². The van der Waals surface area contributed by atoms with Gasteiger partial charge in [0.25, 0.3) is 5.69 Å². The highest BCUT2D eigenvalue weighted by Crippen LogP contribution is 2.34. The summed E-state index contributed by atoms with van der Waals surface area (Å²) in [7, 11) is 1.14. The molecule has 21 heavy (non-hydrogen) atoms. The predicted octanol–water partition coefficient (Wildman–Crippen LogP) is 1.72. The van der Waals surface area contributed by atoms with Gasteiger partial charge in [0.2, 0.25) is 0 Å². The van der Waals surface area contributed by atoms with Gasteiger partial charge < -0.3 is 14.6 Å². The van der Waals surface area contributed by atoms with Gasteiger partial charge in [-0.2, -0.15) is 13.2 Å². The minimum absolute atomic E-state index is 0.169. The van der Waals surface area contributed by atoms with E-state index in [2.05, 4.69) is 0 Å². The van der Waals surface area contributed by atoms with Crippen LogP contribution in [0.25, 0.3) is 0 Å². The number of benzene rings is 1. The Morgan fingerprint density at radius 2 is 2.05 bits per heavy atom. The minimum Gasteiger partial charge on any atom is -0.493 e. The lowest BCUT2D eigenvalue weighted by Gasteiger charge is -2.16. The van der Waals surface area contributed by atoms with Crippen molar-refractivity contribution in [1.82, 2.24) is 0 Å². The third-order valence-electron chi connectivity index (χ3n) is 2.41. The summed E-state index contributed by atoms with van der Waals surface area (Å²) < 4.78 is 45.9. The molecule has 0 aliphatic heterocycles. The van der Waals surface area contributed by atoms with Crippen LogP contribution in [0.2, 0.25) is 0 Å². The van der Waals surface area contributed by atoms with E-state index in [4.69, 9.17) is 14.6 Å². The first-order valence-electron chi connectivity index (χ1n) is 5.40. The van der Waals surface area contributed by atoms with Gasteiger partial charge in [-0.25, -0.2) is 0 Å². The van der Waals surface area contributed by atoms with Gasteiger partial charge in [-0.15, -0.1) is 0 Å². The number of carbonyl (C=O) groups is 1. The van der Waals surface area contributed by atoms with Crippen LogP contribution in [0.3, 0.4) is 0 Å². The van der Waals surface area contributed by atoms with Crippen molar-refractivity contribution < 1.29 is 37.5 Å². The lowest BCUT2D eigenvalue weighted by molar-refractivity contribution is -0.385. The molecule has 0 aliphatic rings. The summed E-state index contributed by atoms with van der Waals surface area (Å²) in [6, 6.07) is 1.71. The van der Waals surface area contributed by atoms with Crippen molar-refractivity contribution in [2.24, 2.45) is 0 Å². The fourth-order valence-electron chi connectivity index (χ4n) is 1.35. The maximum atomic E-state index is 12.1. The van der Waals surface area contributed by atoms with Gasteiger partial charge in [-0.1, -0.05) is 0 Å². The van der Waals surface area contributed by atoms with Crippen LogP contribution in [0, 0.1) is 10.1 Å². The topological polar surface area (TPSA) is 98.9 Å². The first-order chi connectivity index (χ1) is 9.70. The van der Waals surface area contributed by atoms with Crippen LogP contribution in [0.1, 0.15) is 10.4 Å². The number of ether oxygens (including phenoxy) is 2. The number of methoxy groups -OCH3 is 1. The monoisotopic (exact) mass is 309 g/mol. The van der Waals surface area contributed by atoms with E-state index in [9.17, 15) is 28.1 Å². The SMILES string of the molecule is COc1cc(C=O)c([N+](=O)[O-])cc1OCC(O)C(F)(F)F. The third kappa shape index (κ3) is 4.05. The molecule has 0 saturated carbocycles. The molecule has 10 heteroatoms. The number of hydrogen-bond acceptors (Lipinski definition) is 6. The first kappa shape index (κ1) is 16.7. The number of hydrogen-bond donors (Lipinski definition) is 1. The number of nitro groups is 1. The second-order valence-corrected chi connectivity index (χ2v) is 3.81. The van der Waals surface area contributed by atoms with Crippen molar-refractivity contribution in [3.05, 3.63) is 27.8 Å². The third-order valence-corrected chi connectivity index (χ3v) is 2.41. The van der Waals surface area contributed by atoms with Crippen LogP contribution in [0.5, 0.6) is 11.5 Å².